The molecule has 1 aliphatic heterocycles. The Bertz CT molecular complexity index is 1620. The number of aromatic nitrogens is 3. The molecule has 0 bridgehead atoms. The highest BCUT2D eigenvalue weighted by Gasteiger charge is 2.51. The van der Waals surface area contributed by atoms with E-state index < -0.39 is 0 Å². The second-order valence-electron chi connectivity index (χ2n) is 11.8. The first-order valence-corrected chi connectivity index (χ1v) is 14.2. The summed E-state index contributed by atoms with van der Waals surface area (Å²) in [5.41, 5.74) is 13.0. The van der Waals surface area contributed by atoms with E-state index in [-0.39, 0.29) is 13.0 Å². The lowest BCUT2D eigenvalue weighted by atomic mass is 9.61. The van der Waals surface area contributed by atoms with E-state index in [1.54, 1.807) is 10.8 Å². The van der Waals surface area contributed by atoms with Crippen molar-refractivity contribution in [1.82, 2.24) is 14.3 Å². The summed E-state index contributed by atoms with van der Waals surface area (Å²) < 4.78 is 3.70. The molecule has 40 heavy (non-hydrogen) atoms. The summed E-state index contributed by atoms with van der Waals surface area (Å²) in [6.07, 6.45) is 7.38. The Morgan fingerprint density at radius 1 is 1.10 bits per heavy atom. The van der Waals surface area contributed by atoms with Crippen molar-refractivity contribution in [2.45, 2.75) is 65.0 Å². The third-order valence-electron chi connectivity index (χ3n) is 9.05. The molecule has 1 unspecified atom stereocenters. The van der Waals surface area contributed by atoms with Crippen molar-refractivity contribution in [3.05, 3.63) is 88.9 Å². The maximum absolute atomic E-state index is 13.4. The largest absolute Gasteiger partial charge is 0.370 e. The molecule has 1 atom stereocenters. The van der Waals surface area contributed by atoms with Crippen molar-refractivity contribution in [2.24, 2.45) is 11.1 Å². The van der Waals surface area contributed by atoms with Gasteiger partial charge in [-0.15, -0.1) is 6.58 Å². The minimum absolute atomic E-state index is 0. The van der Waals surface area contributed by atoms with Gasteiger partial charge in [-0.1, -0.05) is 26.5 Å². The molecular formula is C33H40N6O. The van der Waals surface area contributed by atoms with Gasteiger partial charge in [0.15, 0.2) is 5.82 Å². The molecule has 0 amide bonds. The molecule has 2 aromatic heterocycles. The molecule has 7 rings (SSSR count). The Kier molecular flexibility index (Phi) is 6.57. The second kappa shape index (κ2) is 9.97. The predicted molar refractivity (Wildman–Crippen MR) is 165 cm³/mol. The van der Waals surface area contributed by atoms with Gasteiger partial charge in [-0.2, -0.15) is 0 Å². The van der Waals surface area contributed by atoms with Gasteiger partial charge in [0.2, 0.25) is 0 Å². The number of allylic oxidation sites excluding steroid dienone is 1. The van der Waals surface area contributed by atoms with Gasteiger partial charge in [0, 0.05) is 53.2 Å². The zero-order valence-electron chi connectivity index (χ0n) is 22.6. The van der Waals surface area contributed by atoms with Gasteiger partial charge in [-0.3, -0.25) is 4.79 Å². The molecule has 1 saturated carbocycles. The lowest BCUT2D eigenvalue weighted by molar-refractivity contribution is 0.0665. The number of anilines is 3. The van der Waals surface area contributed by atoms with E-state index in [9.17, 15) is 4.79 Å². The number of aryl methyl sites for hydroxylation is 1. The van der Waals surface area contributed by atoms with Crippen LogP contribution >= 0.6 is 0 Å². The normalized spacial score (nSPS) is 19.1. The van der Waals surface area contributed by atoms with Crippen molar-refractivity contribution in [3.63, 3.8) is 0 Å². The topological polar surface area (TPSA) is 81.1 Å². The van der Waals surface area contributed by atoms with Crippen LogP contribution in [-0.4, -0.2) is 33.5 Å². The van der Waals surface area contributed by atoms with Crippen LogP contribution in [-0.2, 0) is 13.0 Å². The van der Waals surface area contributed by atoms with Crippen molar-refractivity contribution in [2.75, 3.05) is 23.3 Å². The van der Waals surface area contributed by atoms with Gasteiger partial charge in [-0.25, -0.2) is 14.3 Å². The summed E-state index contributed by atoms with van der Waals surface area (Å²) >= 11 is 0. The van der Waals surface area contributed by atoms with E-state index in [1.807, 2.05) is 22.9 Å². The Labute approximate surface area is 236 Å². The van der Waals surface area contributed by atoms with Gasteiger partial charge < -0.3 is 16.0 Å². The quantitative estimate of drug-likeness (QED) is 0.278. The molecule has 1 spiro atoms. The standard InChI is InChI=1S/C32H36N6O.CH4/c1-3-15-37-31(39)27-13-10-25(16-28(27)38(37)29-14-7-22-6-5-21(4-2)30(22)35-29)34-24-8-11-26(12-9-24)36-19-32(20-36)17-23(33)18-32;/h3,7-14,16,21,23,34H,1,4-6,15,17-20,33H2,2H3;1H4. The average Bonchev–Trinajstić information content (AvgIpc) is 3.44. The number of hydrogen-bond acceptors (Lipinski definition) is 5. The number of rotatable bonds is 7. The van der Waals surface area contributed by atoms with Crippen molar-refractivity contribution in [3.8, 4) is 5.82 Å². The Balaban J connectivity index is 0.00000289. The molecule has 4 aromatic rings. The molecule has 208 valence electrons. The molecule has 2 aromatic carbocycles. The van der Waals surface area contributed by atoms with Crippen molar-refractivity contribution in [1.29, 1.82) is 0 Å². The minimum atomic E-state index is -0.0325. The maximum atomic E-state index is 13.4. The number of hydrogen-bond donors (Lipinski definition) is 2. The fraction of sp³-hybridized carbons (Fsp3) is 0.394. The van der Waals surface area contributed by atoms with E-state index in [1.165, 1.54) is 16.9 Å². The molecule has 7 nitrogen and oxygen atoms in total. The number of nitrogens with one attached hydrogen (secondary N) is 1. The first kappa shape index (κ1) is 26.4. The van der Waals surface area contributed by atoms with E-state index in [0.29, 0.717) is 29.3 Å². The molecule has 2 fully saturated rings. The highest BCUT2D eigenvalue weighted by Crippen LogP contribution is 2.49. The summed E-state index contributed by atoms with van der Waals surface area (Å²) in [5.74, 6) is 1.26. The van der Waals surface area contributed by atoms with Gasteiger partial charge >= 0.3 is 0 Å². The number of pyridine rings is 1. The fourth-order valence-corrected chi connectivity index (χ4v) is 7.08. The SMILES string of the molecule is C.C=CCn1c(=O)c2ccc(Nc3ccc(N4CC5(CC(N)C5)C4)cc3)cc2n1-c1ccc2c(n1)C(CC)CC2. The van der Waals surface area contributed by atoms with E-state index >= 15 is 0 Å². The first-order valence-electron chi connectivity index (χ1n) is 14.2. The maximum Gasteiger partial charge on any atom is 0.275 e. The first-order chi connectivity index (χ1) is 19.0. The summed E-state index contributed by atoms with van der Waals surface area (Å²) in [4.78, 5) is 20.9. The predicted octanol–water partition coefficient (Wildman–Crippen LogP) is 6.12. The monoisotopic (exact) mass is 536 g/mol. The van der Waals surface area contributed by atoms with E-state index in [0.717, 1.165) is 67.9 Å². The zero-order valence-corrected chi connectivity index (χ0v) is 22.6. The molecule has 0 radical (unpaired) electrons. The minimum Gasteiger partial charge on any atom is -0.370 e. The van der Waals surface area contributed by atoms with Crippen LogP contribution < -0.4 is 21.5 Å². The molecular weight excluding hydrogens is 496 g/mol. The summed E-state index contributed by atoms with van der Waals surface area (Å²) in [5, 5.41) is 4.22. The third-order valence-corrected chi connectivity index (χ3v) is 9.05. The van der Waals surface area contributed by atoms with Crippen LogP contribution in [0.1, 0.15) is 57.2 Å². The smallest absolute Gasteiger partial charge is 0.275 e. The van der Waals surface area contributed by atoms with E-state index in [4.69, 9.17) is 10.7 Å². The zero-order chi connectivity index (χ0) is 26.7. The number of nitrogens with zero attached hydrogens (tertiary/aromatic N) is 4. The summed E-state index contributed by atoms with van der Waals surface area (Å²) in [6, 6.07) is 19.2. The van der Waals surface area contributed by atoms with Crippen LogP contribution in [0.3, 0.4) is 0 Å². The molecule has 3 aliphatic rings. The summed E-state index contributed by atoms with van der Waals surface area (Å²) in [6.45, 7) is 8.75. The van der Waals surface area contributed by atoms with Crippen LogP contribution in [0.4, 0.5) is 17.1 Å². The van der Waals surface area contributed by atoms with Crippen LogP contribution in [0.5, 0.6) is 0 Å². The van der Waals surface area contributed by atoms with Gasteiger partial charge in [0.25, 0.3) is 5.56 Å². The summed E-state index contributed by atoms with van der Waals surface area (Å²) in [7, 11) is 0. The van der Waals surface area contributed by atoms with Crippen LogP contribution in [0.15, 0.2) is 72.0 Å². The van der Waals surface area contributed by atoms with Crippen LogP contribution in [0.25, 0.3) is 16.7 Å². The molecule has 7 heteroatoms. The number of fused-ring (bicyclic) bond motifs is 2. The molecule has 3 N–H and O–H groups in total. The Hall–Kier alpha value is -3.84. The van der Waals surface area contributed by atoms with Crippen molar-refractivity contribution < 1.29 is 0 Å². The molecule has 1 saturated heterocycles. The highest BCUT2D eigenvalue weighted by atomic mass is 16.1. The van der Waals surface area contributed by atoms with Gasteiger partial charge in [-0.05, 0) is 86.2 Å². The van der Waals surface area contributed by atoms with Gasteiger partial charge in [0.1, 0.15) is 0 Å². The van der Waals surface area contributed by atoms with Crippen LogP contribution in [0.2, 0.25) is 0 Å². The van der Waals surface area contributed by atoms with Crippen LogP contribution in [0, 0.1) is 5.41 Å². The Morgan fingerprint density at radius 3 is 2.55 bits per heavy atom. The fourth-order valence-electron chi connectivity index (χ4n) is 7.08. The lowest BCUT2D eigenvalue weighted by Crippen LogP contribution is -2.65. The Morgan fingerprint density at radius 2 is 1.85 bits per heavy atom. The van der Waals surface area contributed by atoms with Crippen molar-refractivity contribution >= 4 is 28.0 Å². The number of nitrogens with two attached hydrogens (primary N) is 1. The average molecular weight is 537 g/mol. The molecule has 2 aliphatic carbocycles. The third kappa shape index (κ3) is 4.24. The van der Waals surface area contributed by atoms with Gasteiger partial charge in [0.05, 0.1) is 17.4 Å². The number of benzene rings is 2. The highest BCUT2D eigenvalue weighted by molar-refractivity contribution is 5.85. The molecule has 3 heterocycles. The lowest BCUT2D eigenvalue weighted by Gasteiger charge is -2.59. The second-order valence-corrected chi connectivity index (χ2v) is 11.8. The van der Waals surface area contributed by atoms with E-state index in [2.05, 4.69) is 60.1 Å².